The normalized spacial score (nSPS) is 14.0. The van der Waals surface area contributed by atoms with Crippen LogP contribution in [0.1, 0.15) is 35.6 Å². The third-order valence-corrected chi connectivity index (χ3v) is 4.31. The first-order valence-electron chi connectivity index (χ1n) is 5.39. The molecule has 6 heteroatoms. The molecule has 17 heavy (non-hydrogen) atoms. The molecule has 0 fully saturated rings. The van der Waals surface area contributed by atoms with Crippen LogP contribution >= 0.6 is 27.3 Å². The molecular weight excluding hydrogens is 315 g/mol. The van der Waals surface area contributed by atoms with E-state index in [1.165, 1.54) is 11.3 Å². The molecule has 0 bridgehead atoms. The number of aryl methyl sites for hydroxylation is 1. The summed E-state index contributed by atoms with van der Waals surface area (Å²) in [7, 11) is 0. The third-order valence-electron chi connectivity index (χ3n) is 2.23. The molecule has 0 aliphatic heterocycles. The number of halogens is 4. The maximum atomic E-state index is 12.5. The average molecular weight is 330 g/mol. The van der Waals surface area contributed by atoms with Crippen molar-refractivity contribution in [2.75, 3.05) is 6.54 Å². The van der Waals surface area contributed by atoms with Crippen molar-refractivity contribution >= 4 is 27.3 Å². The van der Waals surface area contributed by atoms with E-state index < -0.39 is 18.6 Å². The van der Waals surface area contributed by atoms with E-state index in [2.05, 4.69) is 21.2 Å². The van der Waals surface area contributed by atoms with Crippen LogP contribution in [0.25, 0.3) is 0 Å². The third kappa shape index (κ3) is 4.97. The predicted octanol–water partition coefficient (Wildman–Crippen LogP) is 4.81. The van der Waals surface area contributed by atoms with Crippen LogP contribution in [-0.4, -0.2) is 12.7 Å². The van der Waals surface area contributed by atoms with E-state index >= 15 is 0 Å². The van der Waals surface area contributed by atoms with Crippen LogP contribution < -0.4 is 5.32 Å². The Morgan fingerprint density at radius 3 is 2.53 bits per heavy atom. The average Bonchev–Trinajstić information content (AvgIpc) is 2.50. The molecule has 98 valence electrons. The minimum Gasteiger partial charge on any atom is -0.309 e. The Morgan fingerprint density at radius 2 is 2.12 bits per heavy atom. The first-order valence-corrected chi connectivity index (χ1v) is 7.00. The van der Waals surface area contributed by atoms with E-state index in [1.54, 1.807) is 0 Å². The SMILES string of the molecule is CCCNC(CC(F)(F)F)c1sc(C)cc1Br. The van der Waals surface area contributed by atoms with Crippen molar-refractivity contribution < 1.29 is 13.2 Å². The lowest BCUT2D eigenvalue weighted by Crippen LogP contribution is -2.26. The summed E-state index contributed by atoms with van der Waals surface area (Å²) in [5.41, 5.74) is 0. The maximum Gasteiger partial charge on any atom is 0.390 e. The summed E-state index contributed by atoms with van der Waals surface area (Å²) >= 11 is 4.72. The van der Waals surface area contributed by atoms with Gasteiger partial charge < -0.3 is 5.32 Å². The summed E-state index contributed by atoms with van der Waals surface area (Å²) < 4.78 is 38.3. The molecule has 1 aromatic rings. The molecule has 1 rings (SSSR count). The molecule has 0 radical (unpaired) electrons. The summed E-state index contributed by atoms with van der Waals surface area (Å²) in [6.07, 6.45) is -4.16. The lowest BCUT2D eigenvalue weighted by atomic mass is 10.1. The summed E-state index contributed by atoms with van der Waals surface area (Å²) in [6, 6.07) is 1.21. The topological polar surface area (TPSA) is 12.0 Å². The summed E-state index contributed by atoms with van der Waals surface area (Å²) in [4.78, 5) is 1.74. The lowest BCUT2D eigenvalue weighted by molar-refractivity contribution is -0.140. The molecule has 1 aromatic heterocycles. The smallest absolute Gasteiger partial charge is 0.309 e. The van der Waals surface area contributed by atoms with Crippen molar-refractivity contribution in [3.05, 3.63) is 20.3 Å². The lowest BCUT2D eigenvalue weighted by Gasteiger charge is -2.19. The molecule has 1 heterocycles. The number of alkyl halides is 3. The number of hydrogen-bond acceptors (Lipinski definition) is 2. The standard InChI is InChI=1S/C11H15BrF3NS/c1-3-4-16-9(6-11(13,14)15)10-8(12)5-7(2)17-10/h5,9,16H,3-4,6H2,1-2H3. The number of rotatable bonds is 5. The zero-order valence-corrected chi connectivity index (χ0v) is 12.1. The molecule has 0 saturated carbocycles. The highest BCUT2D eigenvalue weighted by Gasteiger charge is 2.33. The van der Waals surface area contributed by atoms with Gasteiger partial charge in [0.05, 0.1) is 12.5 Å². The van der Waals surface area contributed by atoms with Crippen LogP contribution in [0.15, 0.2) is 10.5 Å². The van der Waals surface area contributed by atoms with Gasteiger partial charge in [-0.05, 0) is 41.9 Å². The molecule has 0 aromatic carbocycles. The van der Waals surface area contributed by atoms with Crippen LogP contribution in [0.2, 0.25) is 0 Å². The predicted molar refractivity (Wildman–Crippen MR) is 68.5 cm³/mol. The molecule has 1 unspecified atom stereocenters. The zero-order chi connectivity index (χ0) is 13.1. The second-order valence-electron chi connectivity index (χ2n) is 3.90. The fourth-order valence-corrected chi connectivity index (χ4v) is 3.55. The summed E-state index contributed by atoms with van der Waals surface area (Å²) in [6.45, 7) is 4.42. The Hall–Kier alpha value is -0.0700. The quantitative estimate of drug-likeness (QED) is 0.817. The van der Waals surface area contributed by atoms with Crippen molar-refractivity contribution in [2.45, 2.75) is 38.9 Å². The van der Waals surface area contributed by atoms with Gasteiger partial charge in [-0.15, -0.1) is 11.3 Å². The van der Waals surface area contributed by atoms with E-state index in [1.807, 2.05) is 19.9 Å². The van der Waals surface area contributed by atoms with Crippen molar-refractivity contribution in [1.82, 2.24) is 5.32 Å². The molecule has 0 aliphatic carbocycles. The van der Waals surface area contributed by atoms with E-state index in [0.717, 1.165) is 20.6 Å². The Labute approximate surface area is 112 Å². The maximum absolute atomic E-state index is 12.5. The van der Waals surface area contributed by atoms with Gasteiger partial charge in [0, 0.05) is 14.2 Å². The number of thiophene rings is 1. The van der Waals surface area contributed by atoms with Crippen molar-refractivity contribution in [3.63, 3.8) is 0 Å². The highest BCUT2D eigenvalue weighted by Crippen LogP contribution is 2.37. The molecule has 1 atom stereocenters. The molecule has 0 saturated heterocycles. The summed E-state index contributed by atoms with van der Waals surface area (Å²) in [5.74, 6) is 0. The van der Waals surface area contributed by atoms with Crippen LogP contribution in [0, 0.1) is 6.92 Å². The first-order chi connectivity index (χ1) is 7.83. The van der Waals surface area contributed by atoms with E-state index in [9.17, 15) is 13.2 Å². The Kier molecular flexibility index (Phi) is 5.47. The van der Waals surface area contributed by atoms with Gasteiger partial charge in [-0.25, -0.2) is 0 Å². The van der Waals surface area contributed by atoms with Gasteiger partial charge in [-0.2, -0.15) is 13.2 Å². The van der Waals surface area contributed by atoms with Crippen molar-refractivity contribution in [1.29, 1.82) is 0 Å². The van der Waals surface area contributed by atoms with Gasteiger partial charge >= 0.3 is 6.18 Å². The molecule has 1 N–H and O–H groups in total. The monoisotopic (exact) mass is 329 g/mol. The van der Waals surface area contributed by atoms with Gasteiger partial charge in [-0.1, -0.05) is 6.92 Å². The van der Waals surface area contributed by atoms with Gasteiger partial charge in [0.1, 0.15) is 0 Å². The van der Waals surface area contributed by atoms with Crippen LogP contribution in [0.5, 0.6) is 0 Å². The Balaban J connectivity index is 2.85. The van der Waals surface area contributed by atoms with E-state index in [-0.39, 0.29) is 0 Å². The van der Waals surface area contributed by atoms with Crippen LogP contribution in [0.3, 0.4) is 0 Å². The van der Waals surface area contributed by atoms with Crippen LogP contribution in [-0.2, 0) is 0 Å². The molecular formula is C11H15BrF3NS. The minimum absolute atomic E-state index is 0.587. The molecule has 1 nitrogen and oxygen atoms in total. The highest BCUT2D eigenvalue weighted by atomic mass is 79.9. The van der Waals surface area contributed by atoms with Crippen molar-refractivity contribution in [2.24, 2.45) is 0 Å². The van der Waals surface area contributed by atoms with E-state index in [0.29, 0.717) is 6.54 Å². The second-order valence-corrected chi connectivity index (χ2v) is 6.04. The Morgan fingerprint density at radius 1 is 1.47 bits per heavy atom. The van der Waals surface area contributed by atoms with E-state index in [4.69, 9.17) is 0 Å². The van der Waals surface area contributed by atoms with Gasteiger partial charge in [0.25, 0.3) is 0 Å². The minimum atomic E-state index is -4.15. The molecule has 0 spiro atoms. The zero-order valence-electron chi connectivity index (χ0n) is 9.70. The van der Waals surface area contributed by atoms with Gasteiger partial charge in [-0.3, -0.25) is 0 Å². The fourth-order valence-electron chi connectivity index (χ4n) is 1.55. The van der Waals surface area contributed by atoms with Crippen molar-refractivity contribution in [3.8, 4) is 0 Å². The number of nitrogens with one attached hydrogen (secondary N) is 1. The second kappa shape index (κ2) is 6.20. The number of hydrogen-bond donors (Lipinski definition) is 1. The molecule has 0 aliphatic rings. The molecule has 0 amide bonds. The Bertz CT molecular complexity index is 362. The summed E-state index contributed by atoms with van der Waals surface area (Å²) in [5, 5.41) is 2.96. The van der Waals surface area contributed by atoms with Gasteiger partial charge in [0.15, 0.2) is 0 Å². The first kappa shape index (κ1) is 15.0. The fraction of sp³-hybridized carbons (Fsp3) is 0.636. The highest BCUT2D eigenvalue weighted by molar-refractivity contribution is 9.10. The largest absolute Gasteiger partial charge is 0.390 e. The van der Waals surface area contributed by atoms with Crippen LogP contribution in [0.4, 0.5) is 13.2 Å². The van der Waals surface area contributed by atoms with Gasteiger partial charge in [0.2, 0.25) is 0 Å².